The van der Waals surface area contributed by atoms with Gasteiger partial charge in [0.25, 0.3) is 0 Å². The van der Waals surface area contributed by atoms with Crippen LogP contribution in [0.1, 0.15) is 0 Å². The first-order valence-corrected chi connectivity index (χ1v) is 24.4. The van der Waals surface area contributed by atoms with Crippen molar-refractivity contribution >= 4 is 109 Å². The van der Waals surface area contributed by atoms with E-state index in [2.05, 4.69) is 272 Å². The predicted molar refractivity (Wildman–Crippen MR) is 298 cm³/mol. The maximum Gasteiger partial charge on any atom is 0.0562 e. The highest BCUT2D eigenvalue weighted by Gasteiger charge is 2.23. The highest BCUT2D eigenvalue weighted by molar-refractivity contribution is 6.21. The van der Waals surface area contributed by atoms with Crippen LogP contribution in [-0.4, -0.2) is 22.8 Å². The van der Waals surface area contributed by atoms with Crippen LogP contribution in [0.2, 0.25) is 0 Å². The van der Waals surface area contributed by atoms with Crippen LogP contribution in [0.4, 0.5) is 0 Å². The highest BCUT2D eigenvalue weighted by atomic mass is 15.0. The second-order valence-corrected chi connectivity index (χ2v) is 18.9. The molecule has 0 unspecified atom stereocenters. The molecule has 0 saturated heterocycles. The zero-order valence-corrected chi connectivity index (χ0v) is 38.4. The Morgan fingerprint density at radius 1 is 0.141 bits per heavy atom. The summed E-state index contributed by atoms with van der Waals surface area (Å²) in [5.74, 6) is 0. The number of nitrogens with zero attached hydrogens (tertiary/aromatic N) is 5. The number of fused-ring (bicyclic) bond motifs is 15. The van der Waals surface area contributed by atoms with Crippen molar-refractivity contribution in [2.75, 3.05) is 0 Å². The lowest BCUT2D eigenvalue weighted by molar-refractivity contribution is 1.14. The average molecular weight is 904 g/mol. The third-order valence-corrected chi connectivity index (χ3v) is 15.2. The molecule has 0 aliphatic carbocycles. The maximum absolute atomic E-state index is 2.47. The third-order valence-electron chi connectivity index (χ3n) is 15.2. The van der Waals surface area contributed by atoms with Crippen LogP contribution in [0.5, 0.6) is 0 Å². The zero-order valence-electron chi connectivity index (χ0n) is 38.4. The molecule has 16 aromatic rings. The number of rotatable bonds is 5. The minimum Gasteiger partial charge on any atom is -0.309 e. The Hall–Kier alpha value is -9.58. The summed E-state index contributed by atoms with van der Waals surface area (Å²) in [4.78, 5) is 0. The first-order chi connectivity index (χ1) is 35.2. The lowest BCUT2D eigenvalue weighted by atomic mass is 10.1. The molecule has 0 aliphatic rings. The highest BCUT2D eigenvalue weighted by Crippen LogP contribution is 2.44. The van der Waals surface area contributed by atoms with E-state index in [1.54, 1.807) is 0 Å². The van der Waals surface area contributed by atoms with Gasteiger partial charge in [-0.25, -0.2) is 0 Å². The van der Waals surface area contributed by atoms with Gasteiger partial charge < -0.3 is 22.8 Å². The predicted octanol–water partition coefficient (Wildman–Crippen LogP) is 17.2. The van der Waals surface area contributed by atoms with E-state index in [-0.39, 0.29) is 0 Å². The van der Waals surface area contributed by atoms with Crippen molar-refractivity contribution in [3.8, 4) is 28.4 Å². The molecule has 5 aromatic heterocycles. The minimum absolute atomic E-state index is 1.12. The minimum atomic E-state index is 1.12. The molecule has 0 spiro atoms. The summed E-state index contributed by atoms with van der Waals surface area (Å²) in [7, 11) is 0. The van der Waals surface area contributed by atoms with Gasteiger partial charge in [0.05, 0.1) is 55.2 Å². The summed E-state index contributed by atoms with van der Waals surface area (Å²) in [5.41, 5.74) is 17.5. The van der Waals surface area contributed by atoms with Crippen molar-refractivity contribution in [3.05, 3.63) is 249 Å². The molecule has 5 nitrogen and oxygen atoms in total. The molecule has 0 radical (unpaired) electrons. The van der Waals surface area contributed by atoms with Crippen LogP contribution >= 0.6 is 0 Å². The van der Waals surface area contributed by atoms with Crippen LogP contribution in [0, 0.1) is 0 Å². The van der Waals surface area contributed by atoms with E-state index in [4.69, 9.17) is 0 Å². The van der Waals surface area contributed by atoms with E-state index >= 15 is 0 Å². The normalized spacial score (nSPS) is 12.2. The molecule has 0 fully saturated rings. The van der Waals surface area contributed by atoms with Gasteiger partial charge in [0, 0.05) is 82.3 Å². The smallest absolute Gasteiger partial charge is 0.0562 e. The molecule has 0 amide bonds. The molecule has 0 saturated carbocycles. The van der Waals surface area contributed by atoms with Gasteiger partial charge in [0.15, 0.2) is 0 Å². The van der Waals surface area contributed by atoms with E-state index in [0.717, 1.165) is 39.5 Å². The second kappa shape index (κ2) is 14.5. The van der Waals surface area contributed by atoms with E-state index < -0.39 is 0 Å². The Balaban J connectivity index is 0.958. The number of benzene rings is 11. The molecule has 5 heteroatoms. The molecule has 0 atom stereocenters. The SMILES string of the molecule is c1ccc(-n2c3cc(-n4c5ccccc5c5cc6c7ccccc7n(-c7ccccc7)c6cc54)ccc3c3ccc(-n4c5ccccc5c5cc6c7ccccc7n(-c7ccccc7)c6cc54)cc32)cc1. The van der Waals surface area contributed by atoms with Gasteiger partial charge in [-0.1, -0.05) is 140 Å². The van der Waals surface area contributed by atoms with Crippen molar-refractivity contribution in [1.29, 1.82) is 0 Å². The topological polar surface area (TPSA) is 24.6 Å². The molecule has 16 rings (SSSR count). The fraction of sp³-hybridized carbons (Fsp3) is 0. The molecule has 11 aromatic carbocycles. The van der Waals surface area contributed by atoms with E-state index in [0.29, 0.717) is 0 Å². The Morgan fingerprint density at radius 2 is 0.380 bits per heavy atom. The molecule has 5 heterocycles. The van der Waals surface area contributed by atoms with E-state index in [1.165, 1.54) is 98.0 Å². The Kier molecular flexibility index (Phi) is 7.82. The fourth-order valence-electron chi connectivity index (χ4n) is 12.3. The first-order valence-electron chi connectivity index (χ1n) is 24.4. The van der Waals surface area contributed by atoms with Gasteiger partial charge in [-0.2, -0.15) is 0 Å². The van der Waals surface area contributed by atoms with Crippen LogP contribution in [0.25, 0.3) is 137 Å². The summed E-state index contributed by atoms with van der Waals surface area (Å²) in [6, 6.07) is 91.6. The van der Waals surface area contributed by atoms with Crippen LogP contribution in [0.3, 0.4) is 0 Å². The second-order valence-electron chi connectivity index (χ2n) is 18.9. The molecular weight excluding hydrogens is 863 g/mol. The molecule has 71 heavy (non-hydrogen) atoms. The number of hydrogen-bond donors (Lipinski definition) is 0. The van der Waals surface area contributed by atoms with Crippen molar-refractivity contribution in [1.82, 2.24) is 22.8 Å². The third kappa shape index (κ3) is 5.34. The van der Waals surface area contributed by atoms with E-state index in [9.17, 15) is 0 Å². The number of hydrogen-bond acceptors (Lipinski definition) is 0. The van der Waals surface area contributed by atoms with Gasteiger partial charge in [-0.05, 0) is 109 Å². The van der Waals surface area contributed by atoms with Gasteiger partial charge >= 0.3 is 0 Å². The number of aromatic nitrogens is 5. The lowest BCUT2D eigenvalue weighted by Crippen LogP contribution is -1.98. The standard InChI is InChI=1S/C66H41N5/c1-4-18-42(19-5-1)67-57-28-14-10-24-47(57)53-38-55-49-26-12-16-30-59(49)70(65(55)40-63(53)67)45-32-34-51-52-35-33-46(37-62(52)69(61(51)36-45)44-22-8-3-9-23-44)71-60-31-17-13-27-50(60)56-39-54-48-25-11-15-29-58(48)68(64(54)41-66(56)71)43-20-6-2-7-21-43/h1-41H. The first kappa shape index (κ1) is 38.4. The van der Waals surface area contributed by atoms with Crippen LogP contribution in [-0.2, 0) is 0 Å². The summed E-state index contributed by atoms with van der Waals surface area (Å²) in [6.45, 7) is 0. The summed E-state index contributed by atoms with van der Waals surface area (Å²) in [5, 5.41) is 12.4. The largest absolute Gasteiger partial charge is 0.309 e. The summed E-state index contributed by atoms with van der Waals surface area (Å²) >= 11 is 0. The molecule has 0 N–H and O–H groups in total. The van der Waals surface area contributed by atoms with Crippen LogP contribution < -0.4 is 0 Å². The zero-order chi connectivity index (χ0) is 46.3. The molecule has 330 valence electrons. The molecular formula is C66H41N5. The molecule has 0 bridgehead atoms. The lowest BCUT2D eigenvalue weighted by Gasteiger charge is -2.13. The maximum atomic E-state index is 2.47. The Labute approximate surface area is 407 Å². The van der Waals surface area contributed by atoms with Crippen LogP contribution in [0.15, 0.2) is 249 Å². The monoisotopic (exact) mass is 903 g/mol. The molecule has 0 aliphatic heterocycles. The Morgan fingerprint density at radius 3 is 0.704 bits per heavy atom. The van der Waals surface area contributed by atoms with Crippen molar-refractivity contribution < 1.29 is 0 Å². The van der Waals surface area contributed by atoms with Crippen molar-refractivity contribution in [2.24, 2.45) is 0 Å². The Bertz CT molecular complexity index is 4560. The van der Waals surface area contributed by atoms with E-state index in [1.807, 2.05) is 0 Å². The quantitative estimate of drug-likeness (QED) is 0.164. The van der Waals surface area contributed by atoms with Gasteiger partial charge in [-0.15, -0.1) is 0 Å². The average Bonchev–Trinajstić information content (AvgIpc) is 4.21. The summed E-state index contributed by atoms with van der Waals surface area (Å²) in [6.07, 6.45) is 0. The van der Waals surface area contributed by atoms with Crippen molar-refractivity contribution in [2.45, 2.75) is 0 Å². The van der Waals surface area contributed by atoms with Gasteiger partial charge in [0.1, 0.15) is 0 Å². The summed E-state index contributed by atoms with van der Waals surface area (Å²) < 4.78 is 12.3. The van der Waals surface area contributed by atoms with Gasteiger partial charge in [0.2, 0.25) is 0 Å². The number of para-hydroxylation sites is 7. The van der Waals surface area contributed by atoms with Gasteiger partial charge in [-0.3, -0.25) is 0 Å². The fourth-order valence-corrected chi connectivity index (χ4v) is 12.3. The van der Waals surface area contributed by atoms with Crippen molar-refractivity contribution in [3.63, 3.8) is 0 Å².